The smallest absolute Gasteiger partial charge is 0.299 e. The maximum Gasteiger partial charge on any atom is 0.402 e. The van der Waals surface area contributed by atoms with E-state index in [9.17, 15) is 9.36 Å². The first-order valence-corrected chi connectivity index (χ1v) is 14.2. The lowest BCUT2D eigenvalue weighted by molar-refractivity contribution is -0.00303. The fourth-order valence-corrected chi connectivity index (χ4v) is 7.59. The summed E-state index contributed by atoms with van der Waals surface area (Å²) in [6.45, 7) is 13.2. The van der Waals surface area contributed by atoms with Gasteiger partial charge in [-0.3, -0.25) is 18.4 Å². The van der Waals surface area contributed by atoms with Crippen LogP contribution in [0, 0.1) is 35.5 Å². The predicted octanol–water partition coefficient (Wildman–Crippen LogP) is 7.97. The van der Waals surface area contributed by atoms with Gasteiger partial charge in [0.25, 0.3) is 5.52 Å². The summed E-state index contributed by atoms with van der Waals surface area (Å²) in [4.78, 5) is 13.6. The van der Waals surface area contributed by atoms with E-state index in [1.54, 1.807) is 24.3 Å². The SMILES string of the molecule is CC(C)[C@@H]1CC[C@@H](C)C[C@H]1OP(=O)(O[C@@H]1C[C@H](C)CC[C@H]1C(C)C)C(=O)c1ccccc1. The summed E-state index contributed by atoms with van der Waals surface area (Å²) >= 11 is 0. The zero-order valence-electron chi connectivity index (χ0n) is 20.8. The van der Waals surface area contributed by atoms with E-state index in [1.165, 1.54) is 0 Å². The van der Waals surface area contributed by atoms with Gasteiger partial charge in [0, 0.05) is 5.56 Å². The molecular formula is C27H43O4P. The molecule has 0 aliphatic heterocycles. The highest BCUT2D eigenvalue weighted by molar-refractivity contribution is 7.72. The molecule has 0 saturated heterocycles. The lowest BCUT2D eigenvalue weighted by Crippen LogP contribution is -2.37. The molecule has 0 unspecified atom stereocenters. The van der Waals surface area contributed by atoms with E-state index in [1.807, 2.05) is 6.07 Å². The highest BCUT2D eigenvalue weighted by Crippen LogP contribution is 2.58. The molecule has 0 spiro atoms. The van der Waals surface area contributed by atoms with Crippen LogP contribution in [0.5, 0.6) is 0 Å². The molecule has 2 aliphatic rings. The largest absolute Gasteiger partial charge is 0.402 e. The highest BCUT2D eigenvalue weighted by Gasteiger charge is 2.46. The van der Waals surface area contributed by atoms with Crippen LogP contribution in [0.25, 0.3) is 0 Å². The number of rotatable bonds is 8. The average Bonchev–Trinajstić information content (AvgIpc) is 2.73. The molecule has 5 heteroatoms. The maximum atomic E-state index is 14.4. The molecular weight excluding hydrogens is 419 g/mol. The lowest BCUT2D eigenvalue weighted by atomic mass is 9.75. The first-order valence-electron chi connectivity index (χ1n) is 12.7. The Kier molecular flexibility index (Phi) is 8.80. The normalized spacial score (nSPS) is 31.8. The van der Waals surface area contributed by atoms with Gasteiger partial charge in [0.2, 0.25) is 0 Å². The third kappa shape index (κ3) is 6.13. The molecule has 0 amide bonds. The second-order valence-electron chi connectivity index (χ2n) is 11.1. The van der Waals surface area contributed by atoms with E-state index in [0.717, 1.165) is 38.5 Å². The van der Waals surface area contributed by atoms with Crippen molar-refractivity contribution in [1.29, 1.82) is 0 Å². The minimum absolute atomic E-state index is 0.212. The zero-order chi connectivity index (χ0) is 23.5. The zero-order valence-corrected chi connectivity index (χ0v) is 21.7. The summed E-state index contributed by atoms with van der Waals surface area (Å²) in [7, 11) is -4.02. The van der Waals surface area contributed by atoms with Crippen LogP contribution in [0.2, 0.25) is 0 Å². The number of hydrogen-bond acceptors (Lipinski definition) is 4. The molecule has 2 fully saturated rings. The van der Waals surface area contributed by atoms with Crippen LogP contribution >= 0.6 is 7.60 Å². The molecule has 0 N–H and O–H groups in total. The molecule has 180 valence electrons. The topological polar surface area (TPSA) is 52.6 Å². The molecule has 0 aromatic heterocycles. The van der Waals surface area contributed by atoms with Gasteiger partial charge in [0.1, 0.15) is 0 Å². The van der Waals surface area contributed by atoms with Crippen molar-refractivity contribution in [2.75, 3.05) is 0 Å². The first-order chi connectivity index (χ1) is 15.1. The monoisotopic (exact) mass is 462 g/mol. The Morgan fingerprint density at radius 3 is 1.66 bits per heavy atom. The molecule has 2 aliphatic carbocycles. The first kappa shape index (κ1) is 25.7. The molecule has 6 atom stereocenters. The van der Waals surface area contributed by atoms with Gasteiger partial charge in [0.15, 0.2) is 0 Å². The standard InChI is InChI=1S/C27H43O4P/c1-18(2)23-14-12-20(5)16-25(23)30-32(29,27(28)22-10-8-7-9-11-22)31-26-17-21(6)13-15-24(26)19(3)4/h7-11,18-21,23-26H,12-17H2,1-6H3/t20-,21-,23+,24+,25-,26-/m1/s1. The third-order valence-electron chi connectivity index (χ3n) is 7.74. The van der Waals surface area contributed by atoms with Crippen molar-refractivity contribution in [3.63, 3.8) is 0 Å². The Balaban J connectivity index is 1.93. The Bertz CT molecular complexity index is 752. The van der Waals surface area contributed by atoms with Crippen LogP contribution in [0.1, 0.15) is 90.4 Å². The van der Waals surface area contributed by atoms with Gasteiger partial charge in [0.05, 0.1) is 12.2 Å². The van der Waals surface area contributed by atoms with E-state index >= 15 is 0 Å². The van der Waals surface area contributed by atoms with Crippen LogP contribution in [-0.2, 0) is 13.6 Å². The van der Waals surface area contributed by atoms with Crippen LogP contribution in [0.15, 0.2) is 30.3 Å². The molecule has 1 aromatic rings. The van der Waals surface area contributed by atoms with Gasteiger partial charge in [-0.15, -0.1) is 0 Å². The second-order valence-corrected chi connectivity index (χ2v) is 12.9. The number of benzene rings is 1. The van der Waals surface area contributed by atoms with E-state index < -0.39 is 13.1 Å². The highest BCUT2D eigenvalue weighted by atomic mass is 31.2. The molecule has 32 heavy (non-hydrogen) atoms. The summed E-state index contributed by atoms with van der Waals surface area (Å²) in [5.74, 6) is 2.38. The summed E-state index contributed by atoms with van der Waals surface area (Å²) in [6, 6.07) is 8.90. The van der Waals surface area contributed by atoms with Crippen LogP contribution in [0.4, 0.5) is 0 Å². The third-order valence-corrected chi connectivity index (χ3v) is 9.59. The summed E-state index contributed by atoms with van der Waals surface area (Å²) in [5, 5.41) is 0. The number of carbonyl (C=O) groups excluding carboxylic acids is 1. The van der Waals surface area contributed by atoms with E-state index in [4.69, 9.17) is 9.05 Å². The Hall–Kier alpha value is -0.960. The van der Waals surface area contributed by atoms with Crippen LogP contribution in [-0.4, -0.2) is 17.7 Å². The summed E-state index contributed by atoms with van der Waals surface area (Å²) in [5.41, 5.74) is -0.0784. The molecule has 1 aromatic carbocycles. The fraction of sp³-hybridized carbons (Fsp3) is 0.741. The van der Waals surface area contributed by atoms with Gasteiger partial charge in [-0.2, -0.15) is 0 Å². The second kappa shape index (κ2) is 11.0. The minimum Gasteiger partial charge on any atom is -0.299 e. The van der Waals surface area contributed by atoms with Crippen molar-refractivity contribution in [1.82, 2.24) is 0 Å². The number of carbonyl (C=O) groups is 1. The molecule has 3 rings (SSSR count). The quantitative estimate of drug-likeness (QED) is 0.368. The summed E-state index contributed by atoms with van der Waals surface area (Å²) < 4.78 is 27.2. The molecule has 0 heterocycles. The van der Waals surface area contributed by atoms with Crippen molar-refractivity contribution >= 4 is 13.1 Å². The Morgan fingerprint density at radius 1 is 0.812 bits per heavy atom. The Morgan fingerprint density at radius 2 is 1.25 bits per heavy atom. The van der Waals surface area contributed by atoms with Crippen molar-refractivity contribution in [2.24, 2.45) is 35.5 Å². The molecule has 0 bridgehead atoms. The van der Waals surface area contributed by atoms with E-state index in [0.29, 0.717) is 29.2 Å². The van der Waals surface area contributed by atoms with Gasteiger partial charge < -0.3 is 0 Å². The predicted molar refractivity (Wildman–Crippen MR) is 131 cm³/mol. The minimum atomic E-state index is -4.02. The van der Waals surface area contributed by atoms with Crippen molar-refractivity contribution in [3.8, 4) is 0 Å². The average molecular weight is 463 g/mol. The molecule has 2 saturated carbocycles. The number of hydrogen-bond donors (Lipinski definition) is 0. The van der Waals surface area contributed by atoms with Gasteiger partial charge in [-0.05, 0) is 61.2 Å². The molecule has 0 radical (unpaired) electrons. The summed E-state index contributed by atoms with van der Waals surface area (Å²) in [6.07, 6.45) is 5.61. The van der Waals surface area contributed by atoms with Gasteiger partial charge in [-0.25, -0.2) is 0 Å². The maximum absolute atomic E-state index is 14.4. The van der Waals surface area contributed by atoms with E-state index in [2.05, 4.69) is 41.5 Å². The van der Waals surface area contributed by atoms with Crippen LogP contribution in [0.3, 0.4) is 0 Å². The fourth-order valence-electron chi connectivity index (χ4n) is 5.69. The van der Waals surface area contributed by atoms with Crippen molar-refractivity contribution < 1.29 is 18.4 Å². The van der Waals surface area contributed by atoms with E-state index in [-0.39, 0.29) is 24.0 Å². The lowest BCUT2D eigenvalue weighted by Gasteiger charge is -2.41. The van der Waals surface area contributed by atoms with Crippen molar-refractivity contribution in [3.05, 3.63) is 35.9 Å². The molecule has 4 nitrogen and oxygen atoms in total. The Labute approximate surface area is 195 Å². The van der Waals surface area contributed by atoms with Crippen LogP contribution < -0.4 is 0 Å². The van der Waals surface area contributed by atoms with Crippen molar-refractivity contribution in [2.45, 2.75) is 92.3 Å². The van der Waals surface area contributed by atoms with Gasteiger partial charge in [-0.1, -0.05) is 84.7 Å². The van der Waals surface area contributed by atoms with Gasteiger partial charge >= 0.3 is 7.60 Å².